The van der Waals surface area contributed by atoms with Crippen LogP contribution in [0, 0.1) is 0 Å². The van der Waals surface area contributed by atoms with Crippen LogP contribution in [-0.4, -0.2) is 57.1 Å². The molecule has 0 heterocycles. The van der Waals surface area contributed by atoms with Crippen LogP contribution < -0.4 is 0 Å². The molecule has 0 aliphatic heterocycles. The zero-order chi connectivity index (χ0) is 35.5. The molecule has 5 aliphatic rings. The van der Waals surface area contributed by atoms with Crippen LogP contribution in [-0.2, 0) is 28.7 Å². The molecule has 0 saturated heterocycles. The third-order valence-corrected chi connectivity index (χ3v) is 9.30. The van der Waals surface area contributed by atoms with Gasteiger partial charge in [-0.15, -0.1) is 0 Å². The molecule has 47 heavy (non-hydrogen) atoms. The number of carbonyl (C=O) groups is 4. The molecular weight excluding hydrogens is 596 g/mol. The maximum absolute atomic E-state index is 10.7. The van der Waals surface area contributed by atoms with E-state index in [1.54, 1.807) is 25.5 Å². The molecule has 5 aliphatic carbocycles. The molecule has 0 spiro atoms. The van der Waals surface area contributed by atoms with E-state index >= 15 is 0 Å². The highest BCUT2D eigenvalue weighted by molar-refractivity contribution is 5.95. The molecule has 5 rings (SSSR count). The van der Waals surface area contributed by atoms with Gasteiger partial charge in [-0.25, -0.2) is 0 Å². The first kappa shape index (κ1) is 42.4. The monoisotopic (exact) mass is 660 g/mol. The maximum Gasteiger partial charge on any atom is 0.303 e. The second-order valence-corrected chi connectivity index (χ2v) is 14.2. The zero-order valence-corrected chi connectivity index (χ0v) is 30.5. The van der Waals surface area contributed by atoms with E-state index in [0.29, 0.717) is 11.6 Å². The van der Waals surface area contributed by atoms with Crippen molar-refractivity contribution in [3.8, 4) is 0 Å². The van der Waals surface area contributed by atoms with Crippen molar-refractivity contribution in [1.82, 2.24) is 0 Å². The van der Waals surface area contributed by atoms with Crippen molar-refractivity contribution in [3.63, 3.8) is 0 Å². The van der Waals surface area contributed by atoms with Crippen molar-refractivity contribution in [1.29, 1.82) is 0 Å². The summed E-state index contributed by atoms with van der Waals surface area (Å²) in [5.74, 6) is 0.0191. The first-order chi connectivity index (χ1) is 22.1. The van der Waals surface area contributed by atoms with Crippen LogP contribution in [0.2, 0.25) is 0 Å². The number of Topliss-reactive ketones (excluding diaryl/α,β-unsaturated/α-hetero) is 1. The second-order valence-electron chi connectivity index (χ2n) is 14.2. The van der Waals surface area contributed by atoms with Gasteiger partial charge in [0.2, 0.25) is 0 Å². The predicted molar refractivity (Wildman–Crippen MR) is 187 cm³/mol. The van der Waals surface area contributed by atoms with E-state index in [9.17, 15) is 29.4 Å². The Kier molecular flexibility index (Phi) is 20.0. The normalized spacial score (nSPS) is 28.7. The lowest BCUT2D eigenvalue weighted by Crippen LogP contribution is -2.45. The smallest absolute Gasteiger partial charge is 0.303 e. The summed E-state index contributed by atoms with van der Waals surface area (Å²) in [7, 11) is 0. The molecule has 4 atom stereocenters. The first-order valence-corrected chi connectivity index (χ1v) is 17.9. The fourth-order valence-corrected chi connectivity index (χ4v) is 6.26. The largest absolute Gasteiger partial charge is 0.460 e. The van der Waals surface area contributed by atoms with Crippen LogP contribution in [0.3, 0.4) is 0 Å². The van der Waals surface area contributed by atoms with Gasteiger partial charge < -0.3 is 19.7 Å². The Labute approximate surface area is 284 Å². The summed E-state index contributed by atoms with van der Waals surface area (Å²) in [6, 6.07) is 0. The number of esters is 2. The predicted octanol–water partition coefficient (Wildman–Crippen LogP) is 8.36. The lowest BCUT2D eigenvalue weighted by atomic mass is 9.83. The van der Waals surface area contributed by atoms with Crippen molar-refractivity contribution >= 4 is 23.5 Å². The van der Waals surface area contributed by atoms with Gasteiger partial charge >= 0.3 is 11.9 Å². The summed E-state index contributed by atoms with van der Waals surface area (Å²) in [4.78, 5) is 42.7. The molecule has 2 N–H and O–H groups in total. The number of carbonyl (C=O) groups excluding carboxylic acids is 4. The molecule has 4 unspecified atom stereocenters. The van der Waals surface area contributed by atoms with Crippen LogP contribution in [0.15, 0.2) is 34.9 Å². The van der Waals surface area contributed by atoms with Gasteiger partial charge in [0.05, 0.1) is 11.7 Å². The molecule has 8 heteroatoms. The summed E-state index contributed by atoms with van der Waals surface area (Å²) in [5, 5.41) is 19.4. The molecule has 2 fully saturated rings. The summed E-state index contributed by atoms with van der Waals surface area (Å²) in [6.45, 7) is 12.4. The van der Waals surface area contributed by atoms with Crippen molar-refractivity contribution < 1.29 is 38.9 Å². The van der Waals surface area contributed by atoms with Crippen LogP contribution in [0.1, 0.15) is 164 Å². The SMILES string of the molecule is CC(=O)OC1(C)CCCCC1O.CC(=O)OC1CCCCC1(C)O.CC1=CC(=O)CCC1.CC1=CCCCC1.CC1=CCCCC1=O. The number of hydrogen-bond acceptors (Lipinski definition) is 8. The van der Waals surface area contributed by atoms with Gasteiger partial charge in [-0.05, 0) is 136 Å². The van der Waals surface area contributed by atoms with E-state index in [2.05, 4.69) is 13.0 Å². The number of aliphatic hydroxyl groups is 2. The van der Waals surface area contributed by atoms with Gasteiger partial charge in [0.1, 0.15) is 11.7 Å². The van der Waals surface area contributed by atoms with Crippen molar-refractivity contribution in [2.75, 3.05) is 0 Å². The van der Waals surface area contributed by atoms with Gasteiger partial charge in [-0.3, -0.25) is 19.2 Å². The third-order valence-electron chi connectivity index (χ3n) is 9.30. The Balaban J connectivity index is 0.000000299. The first-order valence-electron chi connectivity index (χ1n) is 17.9. The van der Waals surface area contributed by atoms with Gasteiger partial charge in [0, 0.05) is 26.7 Å². The van der Waals surface area contributed by atoms with Gasteiger partial charge in [0.25, 0.3) is 0 Å². The minimum absolute atomic E-state index is 0.300. The molecule has 0 aromatic carbocycles. The Morgan fingerprint density at radius 2 is 1.38 bits per heavy atom. The molecule has 8 nitrogen and oxygen atoms in total. The highest BCUT2D eigenvalue weighted by atomic mass is 16.6. The van der Waals surface area contributed by atoms with E-state index in [1.807, 2.05) is 19.9 Å². The second kappa shape index (κ2) is 22.1. The summed E-state index contributed by atoms with van der Waals surface area (Å²) in [6.07, 6.45) is 23.8. The van der Waals surface area contributed by atoms with Crippen LogP contribution >= 0.6 is 0 Å². The van der Waals surface area contributed by atoms with Gasteiger partial charge in [0.15, 0.2) is 11.6 Å². The summed E-state index contributed by atoms with van der Waals surface area (Å²) < 4.78 is 10.1. The maximum atomic E-state index is 10.7. The van der Waals surface area contributed by atoms with Crippen molar-refractivity contribution in [2.45, 2.75) is 187 Å². The van der Waals surface area contributed by atoms with Gasteiger partial charge in [-0.1, -0.05) is 36.1 Å². The van der Waals surface area contributed by atoms with Crippen LogP contribution in [0.5, 0.6) is 0 Å². The molecule has 2 saturated carbocycles. The Morgan fingerprint density at radius 1 is 0.745 bits per heavy atom. The minimum Gasteiger partial charge on any atom is -0.460 e. The average molecular weight is 661 g/mol. The summed E-state index contributed by atoms with van der Waals surface area (Å²) in [5.41, 5.74) is 2.33. The van der Waals surface area contributed by atoms with E-state index in [4.69, 9.17) is 9.47 Å². The molecule has 0 aromatic rings. The molecule has 0 bridgehead atoms. The number of allylic oxidation sites excluding steroid dienone is 6. The minimum atomic E-state index is -0.816. The molecule has 0 aromatic heterocycles. The van der Waals surface area contributed by atoms with Crippen LogP contribution in [0.4, 0.5) is 0 Å². The molecule has 268 valence electrons. The lowest BCUT2D eigenvalue weighted by molar-refractivity contribution is -0.173. The molecular formula is C39H64O8. The van der Waals surface area contributed by atoms with Crippen LogP contribution in [0.25, 0.3) is 0 Å². The standard InChI is InChI=1S/2C9H16O3.2C7H10O.C7H12/c1-7(10)12-8-5-3-4-6-9(8,2)11;1-7(10)12-9(2)6-4-3-5-8(9)11;1-6-3-2-4-7(8)5-6;1-6-4-2-3-5-7(6)8;1-7-5-3-2-4-6-7/h2*8,11H,3-6H2,1-2H3;5H,2-4H2,1H3;4H,2-3,5H2,1H3;5H,2-4,6H2,1H3. The Hall–Kier alpha value is -2.58. The number of rotatable bonds is 2. The van der Waals surface area contributed by atoms with Crippen molar-refractivity contribution in [3.05, 3.63) is 34.9 Å². The molecule has 0 radical (unpaired) electrons. The van der Waals surface area contributed by atoms with Crippen molar-refractivity contribution in [2.24, 2.45) is 0 Å². The number of aliphatic hydroxyl groups excluding tert-OH is 1. The third kappa shape index (κ3) is 18.5. The molecule has 0 amide bonds. The lowest BCUT2D eigenvalue weighted by Gasteiger charge is -2.37. The summed E-state index contributed by atoms with van der Waals surface area (Å²) >= 11 is 0. The highest BCUT2D eigenvalue weighted by Crippen LogP contribution is 2.32. The quantitative estimate of drug-likeness (QED) is 0.223. The fourth-order valence-electron chi connectivity index (χ4n) is 6.26. The average Bonchev–Trinajstić information content (AvgIpc) is 2.98. The fraction of sp³-hybridized carbons (Fsp3) is 0.744. The van der Waals surface area contributed by atoms with E-state index < -0.39 is 17.3 Å². The van der Waals surface area contributed by atoms with E-state index in [1.165, 1.54) is 45.1 Å². The van der Waals surface area contributed by atoms with E-state index in [0.717, 1.165) is 95.5 Å². The number of ether oxygens (including phenoxy) is 2. The zero-order valence-electron chi connectivity index (χ0n) is 30.5. The Bertz CT molecular complexity index is 1100. The van der Waals surface area contributed by atoms with Gasteiger partial charge in [-0.2, -0.15) is 0 Å². The van der Waals surface area contributed by atoms with E-state index in [-0.39, 0.29) is 18.0 Å². The number of ketones is 2. The Morgan fingerprint density at radius 3 is 1.81 bits per heavy atom. The highest BCUT2D eigenvalue weighted by Gasteiger charge is 2.38. The topological polar surface area (TPSA) is 127 Å². The number of hydrogen-bond donors (Lipinski definition) is 2.